The maximum absolute atomic E-state index is 6.47. The largest absolute Gasteiger partial charge is 0.456 e. The summed E-state index contributed by atoms with van der Waals surface area (Å²) < 4.78 is 6.47. The number of fused-ring (bicyclic) bond motifs is 9. The quantitative estimate of drug-likeness (QED) is 0.168. The summed E-state index contributed by atoms with van der Waals surface area (Å²) in [7, 11) is 0. The summed E-state index contributed by atoms with van der Waals surface area (Å²) in [6, 6.07) is 65.8. The summed E-state index contributed by atoms with van der Waals surface area (Å²) in [5.41, 5.74) is 9.10. The minimum absolute atomic E-state index is 0.635. The molecule has 11 rings (SSSR count). The third-order valence-electron chi connectivity index (χ3n) is 10.7. The molecule has 0 amide bonds. The molecular weight excluding hydrogens is 671 g/mol. The van der Waals surface area contributed by atoms with Gasteiger partial charge in [-0.05, 0) is 78.8 Å². The predicted molar refractivity (Wildman–Crippen MR) is 227 cm³/mol. The topological polar surface area (TPSA) is 51.8 Å². The molecule has 0 N–H and O–H groups in total. The molecule has 0 saturated carbocycles. The zero-order valence-corrected chi connectivity index (χ0v) is 29.6. The van der Waals surface area contributed by atoms with Gasteiger partial charge in [-0.3, -0.25) is 0 Å². The van der Waals surface area contributed by atoms with E-state index in [1.54, 1.807) is 0 Å². The smallest absolute Gasteiger partial charge is 0.164 e. The summed E-state index contributed by atoms with van der Waals surface area (Å²) in [5.74, 6) is 1.93. The van der Waals surface area contributed by atoms with E-state index in [0.29, 0.717) is 17.5 Å². The number of hydrogen-bond donors (Lipinski definition) is 0. The molecular formula is C51H31N3O. The molecule has 0 radical (unpaired) electrons. The van der Waals surface area contributed by atoms with Crippen molar-refractivity contribution < 1.29 is 4.42 Å². The highest BCUT2D eigenvalue weighted by molar-refractivity contribution is 6.26. The number of nitrogens with zero attached hydrogens (tertiary/aromatic N) is 3. The number of hydrogen-bond acceptors (Lipinski definition) is 4. The maximum atomic E-state index is 6.47. The van der Waals surface area contributed by atoms with Crippen LogP contribution in [-0.2, 0) is 0 Å². The SMILES string of the molecule is c1ccc(-c2nc(-c3ccccc3)nc(-c3ccc(-c4ccc5oc6cccc(-c7ccc8c9ccccc9c9ccccc9c8c7)c6c5c4)cc3)n2)cc1. The van der Waals surface area contributed by atoms with Gasteiger partial charge in [0.25, 0.3) is 0 Å². The van der Waals surface area contributed by atoms with Crippen molar-refractivity contribution in [1.82, 2.24) is 15.0 Å². The van der Waals surface area contributed by atoms with Gasteiger partial charge in [-0.15, -0.1) is 0 Å². The van der Waals surface area contributed by atoms with E-state index < -0.39 is 0 Å². The zero-order chi connectivity index (χ0) is 36.3. The Morgan fingerprint density at radius 3 is 1.33 bits per heavy atom. The molecule has 11 aromatic rings. The van der Waals surface area contributed by atoms with Crippen molar-refractivity contribution in [3.8, 4) is 56.4 Å². The third kappa shape index (κ3) is 5.26. The van der Waals surface area contributed by atoms with Crippen molar-refractivity contribution >= 4 is 54.3 Å². The Hall–Kier alpha value is -7.43. The first-order chi connectivity index (χ1) is 27.2. The molecule has 0 bridgehead atoms. The predicted octanol–water partition coefficient (Wildman–Crippen LogP) is 13.6. The Labute approximate surface area is 317 Å². The van der Waals surface area contributed by atoms with E-state index in [0.717, 1.165) is 60.9 Å². The van der Waals surface area contributed by atoms with E-state index in [1.165, 1.54) is 32.3 Å². The van der Waals surface area contributed by atoms with Crippen LogP contribution < -0.4 is 0 Å². The van der Waals surface area contributed by atoms with Crippen molar-refractivity contribution in [1.29, 1.82) is 0 Å². The van der Waals surface area contributed by atoms with Crippen LogP contribution in [0.3, 0.4) is 0 Å². The molecule has 2 aromatic heterocycles. The van der Waals surface area contributed by atoms with E-state index in [-0.39, 0.29) is 0 Å². The van der Waals surface area contributed by atoms with E-state index in [4.69, 9.17) is 19.4 Å². The van der Waals surface area contributed by atoms with Gasteiger partial charge in [0.1, 0.15) is 11.2 Å². The first kappa shape index (κ1) is 31.1. The number of rotatable bonds is 5. The minimum Gasteiger partial charge on any atom is -0.456 e. The second kappa shape index (κ2) is 12.6. The monoisotopic (exact) mass is 701 g/mol. The van der Waals surface area contributed by atoms with Crippen molar-refractivity contribution in [2.24, 2.45) is 0 Å². The first-order valence-electron chi connectivity index (χ1n) is 18.5. The summed E-state index contributed by atoms with van der Waals surface area (Å²) in [5, 5.41) is 9.81. The highest BCUT2D eigenvalue weighted by atomic mass is 16.3. The van der Waals surface area contributed by atoms with Gasteiger partial charge < -0.3 is 4.42 Å². The molecule has 256 valence electrons. The Morgan fingerprint density at radius 2 is 0.727 bits per heavy atom. The first-order valence-corrected chi connectivity index (χ1v) is 18.5. The number of aromatic nitrogens is 3. The van der Waals surface area contributed by atoms with Gasteiger partial charge in [0.05, 0.1) is 0 Å². The lowest BCUT2D eigenvalue weighted by molar-refractivity contribution is 0.669. The molecule has 0 fully saturated rings. The van der Waals surface area contributed by atoms with E-state index >= 15 is 0 Å². The molecule has 55 heavy (non-hydrogen) atoms. The summed E-state index contributed by atoms with van der Waals surface area (Å²) in [6.07, 6.45) is 0. The molecule has 0 aliphatic rings. The van der Waals surface area contributed by atoms with Crippen LogP contribution >= 0.6 is 0 Å². The van der Waals surface area contributed by atoms with Crippen LogP contribution in [0.4, 0.5) is 0 Å². The Kier molecular flexibility index (Phi) is 7.14. The molecule has 0 aliphatic heterocycles. The molecule has 4 heteroatoms. The second-order valence-corrected chi connectivity index (χ2v) is 14.0. The Bertz CT molecular complexity index is 3150. The van der Waals surface area contributed by atoms with Gasteiger partial charge in [0, 0.05) is 27.5 Å². The van der Waals surface area contributed by atoms with E-state index in [1.807, 2.05) is 60.7 Å². The third-order valence-corrected chi connectivity index (χ3v) is 10.7. The molecule has 9 aromatic carbocycles. The van der Waals surface area contributed by atoms with E-state index in [9.17, 15) is 0 Å². The molecule has 0 atom stereocenters. The summed E-state index contributed by atoms with van der Waals surface area (Å²) >= 11 is 0. The second-order valence-electron chi connectivity index (χ2n) is 14.0. The average molecular weight is 702 g/mol. The fourth-order valence-corrected chi connectivity index (χ4v) is 8.07. The van der Waals surface area contributed by atoms with Crippen LogP contribution in [0.1, 0.15) is 0 Å². The summed E-state index contributed by atoms with van der Waals surface area (Å²) in [6.45, 7) is 0. The van der Waals surface area contributed by atoms with Crippen molar-refractivity contribution in [2.75, 3.05) is 0 Å². The van der Waals surface area contributed by atoms with Gasteiger partial charge in [0.2, 0.25) is 0 Å². The fourth-order valence-electron chi connectivity index (χ4n) is 8.07. The van der Waals surface area contributed by atoms with Gasteiger partial charge in [-0.2, -0.15) is 0 Å². The molecule has 0 spiro atoms. The maximum Gasteiger partial charge on any atom is 0.164 e. The van der Waals surface area contributed by atoms with Crippen LogP contribution in [-0.4, -0.2) is 15.0 Å². The van der Waals surface area contributed by atoms with Crippen LogP contribution in [0.15, 0.2) is 192 Å². The number of benzene rings is 9. The van der Waals surface area contributed by atoms with Crippen molar-refractivity contribution in [3.05, 3.63) is 188 Å². The lowest BCUT2D eigenvalue weighted by Gasteiger charge is -2.12. The zero-order valence-electron chi connectivity index (χ0n) is 29.6. The minimum atomic E-state index is 0.635. The Morgan fingerprint density at radius 1 is 0.273 bits per heavy atom. The Balaban J connectivity index is 1.01. The van der Waals surface area contributed by atoms with Crippen LogP contribution in [0.25, 0.3) is 111 Å². The standard InChI is InChI=1S/C51H31N3O/c1-3-12-33(13-4-1)49-52-50(34-14-5-2-6-15-34)54-51(53-49)35-24-22-32(23-25-35)36-27-29-46-45(30-36)48-38(20-11-21-47(48)55-46)37-26-28-43-41-18-8-7-16-39(41)40-17-9-10-19-42(40)44(43)31-37/h1-31H. The van der Waals surface area contributed by atoms with E-state index in [2.05, 4.69) is 127 Å². The molecule has 4 nitrogen and oxygen atoms in total. The summed E-state index contributed by atoms with van der Waals surface area (Å²) in [4.78, 5) is 14.7. The highest BCUT2D eigenvalue weighted by Crippen LogP contribution is 2.42. The average Bonchev–Trinajstić information content (AvgIpc) is 3.65. The van der Waals surface area contributed by atoms with Crippen LogP contribution in [0, 0.1) is 0 Å². The molecule has 0 unspecified atom stereocenters. The van der Waals surface area contributed by atoms with Crippen molar-refractivity contribution in [3.63, 3.8) is 0 Å². The van der Waals surface area contributed by atoms with Crippen molar-refractivity contribution in [2.45, 2.75) is 0 Å². The van der Waals surface area contributed by atoms with Crippen LogP contribution in [0.2, 0.25) is 0 Å². The van der Waals surface area contributed by atoms with Gasteiger partial charge in [-0.1, -0.05) is 164 Å². The molecule has 0 saturated heterocycles. The normalized spacial score (nSPS) is 11.6. The lowest BCUT2D eigenvalue weighted by atomic mass is 9.91. The van der Waals surface area contributed by atoms with Gasteiger partial charge >= 0.3 is 0 Å². The molecule has 2 heterocycles. The highest BCUT2D eigenvalue weighted by Gasteiger charge is 2.17. The lowest BCUT2D eigenvalue weighted by Crippen LogP contribution is -2.00. The van der Waals surface area contributed by atoms with Gasteiger partial charge in [-0.25, -0.2) is 15.0 Å². The molecule has 0 aliphatic carbocycles. The number of furan rings is 1. The van der Waals surface area contributed by atoms with Gasteiger partial charge in [0.15, 0.2) is 17.5 Å². The van der Waals surface area contributed by atoms with Crippen LogP contribution in [0.5, 0.6) is 0 Å². The fraction of sp³-hybridized carbons (Fsp3) is 0.